The Labute approximate surface area is 213 Å². The number of nitrogens with zero attached hydrogens (tertiary/aromatic N) is 1. The van der Waals surface area contributed by atoms with Gasteiger partial charge in [0.05, 0.1) is 5.56 Å². The van der Waals surface area contributed by atoms with Crippen LogP contribution < -0.4 is 4.74 Å². The Balaban J connectivity index is 1.39. The molecule has 0 spiro atoms. The van der Waals surface area contributed by atoms with Gasteiger partial charge in [-0.2, -0.15) is 5.26 Å². The van der Waals surface area contributed by atoms with Gasteiger partial charge in [-0.25, -0.2) is 18.0 Å². The Morgan fingerprint density at radius 2 is 1.57 bits per heavy atom. The van der Waals surface area contributed by atoms with Gasteiger partial charge in [0.1, 0.15) is 34.8 Å². The van der Waals surface area contributed by atoms with Crippen LogP contribution in [0.2, 0.25) is 0 Å². The smallest absolute Gasteiger partial charge is 0.343 e. The van der Waals surface area contributed by atoms with Gasteiger partial charge < -0.3 is 4.74 Å². The van der Waals surface area contributed by atoms with Crippen molar-refractivity contribution in [1.29, 1.82) is 5.26 Å². The summed E-state index contributed by atoms with van der Waals surface area (Å²) in [4.78, 5) is 12.3. The SMILES string of the molecule is C[C@H](Cc1ccc(C=Cc2ccc(C(=O)Oc3cc(F)c(C#N)c(F)c3)cc2)c(F)c1)c1ccccc1. The molecule has 4 aromatic carbocycles. The average molecular weight is 498 g/mol. The third-order valence-electron chi connectivity index (χ3n) is 5.92. The number of esters is 1. The lowest BCUT2D eigenvalue weighted by Gasteiger charge is -2.12. The first-order valence-electron chi connectivity index (χ1n) is 11.6. The fourth-order valence-corrected chi connectivity index (χ4v) is 3.88. The van der Waals surface area contributed by atoms with Gasteiger partial charge in [0.15, 0.2) is 0 Å². The number of hydrogen-bond donors (Lipinski definition) is 0. The summed E-state index contributed by atoms with van der Waals surface area (Å²) in [7, 11) is 0. The normalized spacial score (nSPS) is 11.8. The number of nitriles is 1. The molecule has 3 nitrogen and oxygen atoms in total. The van der Waals surface area contributed by atoms with Crippen LogP contribution in [0.1, 0.15) is 51.0 Å². The van der Waals surface area contributed by atoms with Gasteiger partial charge in [-0.05, 0) is 47.2 Å². The molecule has 37 heavy (non-hydrogen) atoms. The highest BCUT2D eigenvalue weighted by Crippen LogP contribution is 2.23. The van der Waals surface area contributed by atoms with E-state index in [4.69, 9.17) is 10.00 Å². The van der Waals surface area contributed by atoms with E-state index >= 15 is 0 Å². The molecular formula is C31H22F3NO2. The van der Waals surface area contributed by atoms with Crippen molar-refractivity contribution in [3.63, 3.8) is 0 Å². The number of benzene rings is 4. The maximum atomic E-state index is 14.7. The molecule has 1 atom stereocenters. The summed E-state index contributed by atoms with van der Waals surface area (Å²) >= 11 is 0. The van der Waals surface area contributed by atoms with E-state index in [1.807, 2.05) is 24.3 Å². The first kappa shape index (κ1) is 25.5. The van der Waals surface area contributed by atoms with Crippen LogP contribution in [0.4, 0.5) is 13.2 Å². The molecule has 0 saturated carbocycles. The van der Waals surface area contributed by atoms with Gasteiger partial charge in [-0.15, -0.1) is 0 Å². The lowest BCUT2D eigenvalue weighted by molar-refractivity contribution is 0.0734. The summed E-state index contributed by atoms with van der Waals surface area (Å²) in [6.45, 7) is 2.11. The highest BCUT2D eigenvalue weighted by Gasteiger charge is 2.15. The van der Waals surface area contributed by atoms with Crippen molar-refractivity contribution >= 4 is 18.1 Å². The van der Waals surface area contributed by atoms with E-state index < -0.39 is 23.2 Å². The monoisotopic (exact) mass is 497 g/mol. The number of halogens is 3. The Bertz CT molecular complexity index is 1470. The van der Waals surface area contributed by atoms with E-state index in [2.05, 4.69) is 19.1 Å². The van der Waals surface area contributed by atoms with Crippen LogP contribution in [0.5, 0.6) is 5.75 Å². The Morgan fingerprint density at radius 1 is 0.892 bits per heavy atom. The molecule has 0 amide bonds. The summed E-state index contributed by atoms with van der Waals surface area (Å²) in [5.41, 5.74) is 2.68. The minimum atomic E-state index is -1.11. The van der Waals surface area contributed by atoms with Crippen molar-refractivity contribution in [3.8, 4) is 11.8 Å². The minimum absolute atomic E-state index is 0.158. The summed E-state index contributed by atoms with van der Waals surface area (Å²) in [6, 6.07) is 24.5. The molecule has 0 saturated heterocycles. The van der Waals surface area contributed by atoms with Gasteiger partial charge in [-0.3, -0.25) is 0 Å². The van der Waals surface area contributed by atoms with E-state index in [-0.39, 0.29) is 23.0 Å². The zero-order chi connectivity index (χ0) is 26.4. The van der Waals surface area contributed by atoms with E-state index in [0.29, 0.717) is 11.1 Å². The molecule has 0 aliphatic rings. The largest absolute Gasteiger partial charge is 0.423 e. The Hall–Kier alpha value is -4.63. The van der Waals surface area contributed by atoms with Crippen molar-refractivity contribution in [1.82, 2.24) is 0 Å². The van der Waals surface area contributed by atoms with Crippen LogP contribution in [0.25, 0.3) is 12.2 Å². The predicted octanol–water partition coefficient (Wildman–Crippen LogP) is 7.71. The standard InChI is InChI=1S/C31H22F3NO2/c1-20(23-5-3-2-4-6-23)15-22-10-12-24(28(32)16-22)11-7-21-8-13-25(14-9-21)31(36)37-26-17-29(33)27(19-35)30(34)18-26/h2-14,16-18,20H,15H2,1H3/t20-/m1/s1. The van der Waals surface area contributed by atoms with Gasteiger partial charge >= 0.3 is 5.97 Å². The molecule has 4 aromatic rings. The van der Waals surface area contributed by atoms with Crippen LogP contribution in [-0.2, 0) is 6.42 Å². The average Bonchev–Trinajstić information content (AvgIpc) is 2.89. The molecule has 0 aromatic heterocycles. The second-order valence-electron chi connectivity index (χ2n) is 8.59. The fourth-order valence-electron chi connectivity index (χ4n) is 3.88. The molecule has 184 valence electrons. The highest BCUT2D eigenvalue weighted by molar-refractivity contribution is 5.91. The van der Waals surface area contributed by atoms with Crippen molar-refractivity contribution in [2.24, 2.45) is 0 Å². The Kier molecular flexibility index (Phi) is 7.85. The molecule has 0 aliphatic heterocycles. The van der Waals surface area contributed by atoms with Gasteiger partial charge in [0.25, 0.3) is 0 Å². The number of rotatable bonds is 7. The highest BCUT2D eigenvalue weighted by atomic mass is 19.1. The molecule has 4 rings (SSSR count). The van der Waals surface area contributed by atoms with E-state index in [1.54, 1.807) is 36.4 Å². The maximum absolute atomic E-state index is 14.7. The van der Waals surface area contributed by atoms with Gasteiger partial charge in [0.2, 0.25) is 0 Å². The summed E-state index contributed by atoms with van der Waals surface area (Å²) < 4.78 is 47.2. The van der Waals surface area contributed by atoms with Crippen LogP contribution in [-0.4, -0.2) is 5.97 Å². The lowest BCUT2D eigenvalue weighted by Crippen LogP contribution is -2.09. The number of carbonyl (C=O) groups is 1. The van der Waals surface area contributed by atoms with Crippen molar-refractivity contribution in [3.05, 3.63) is 136 Å². The second kappa shape index (κ2) is 11.4. The van der Waals surface area contributed by atoms with E-state index in [9.17, 15) is 18.0 Å². The molecular weight excluding hydrogens is 475 g/mol. The zero-order valence-electron chi connectivity index (χ0n) is 19.9. The quantitative estimate of drug-likeness (QED) is 0.149. The summed E-state index contributed by atoms with van der Waals surface area (Å²) in [5.74, 6) is -3.45. The third-order valence-corrected chi connectivity index (χ3v) is 5.92. The Morgan fingerprint density at radius 3 is 2.19 bits per heavy atom. The molecule has 6 heteroatoms. The molecule has 0 unspecified atom stereocenters. The van der Waals surface area contributed by atoms with Crippen LogP contribution >= 0.6 is 0 Å². The third kappa shape index (κ3) is 6.33. The first-order valence-corrected chi connectivity index (χ1v) is 11.6. The molecule has 0 aliphatic carbocycles. The van der Waals surface area contributed by atoms with Gasteiger partial charge in [0, 0.05) is 17.7 Å². The zero-order valence-corrected chi connectivity index (χ0v) is 19.9. The maximum Gasteiger partial charge on any atom is 0.343 e. The molecule has 0 heterocycles. The van der Waals surface area contributed by atoms with Crippen LogP contribution in [0.15, 0.2) is 84.9 Å². The molecule has 0 radical (unpaired) electrons. The second-order valence-corrected chi connectivity index (χ2v) is 8.59. The number of carbonyl (C=O) groups excluding carboxylic acids is 1. The number of ether oxygens (including phenoxy) is 1. The summed E-state index contributed by atoms with van der Waals surface area (Å²) in [6.07, 6.45) is 4.09. The summed E-state index contributed by atoms with van der Waals surface area (Å²) in [5, 5.41) is 8.73. The molecule has 0 N–H and O–H groups in total. The van der Waals surface area contributed by atoms with Gasteiger partial charge in [-0.1, -0.05) is 73.7 Å². The first-order chi connectivity index (χ1) is 17.8. The van der Waals surface area contributed by atoms with Crippen LogP contribution in [0, 0.1) is 28.8 Å². The molecule has 0 bridgehead atoms. The lowest BCUT2D eigenvalue weighted by atomic mass is 9.93. The molecule has 0 fully saturated rings. The number of hydrogen-bond acceptors (Lipinski definition) is 3. The van der Waals surface area contributed by atoms with Crippen LogP contribution in [0.3, 0.4) is 0 Å². The van der Waals surface area contributed by atoms with Crippen molar-refractivity contribution in [2.45, 2.75) is 19.3 Å². The van der Waals surface area contributed by atoms with E-state index in [0.717, 1.165) is 24.1 Å². The fraction of sp³-hybridized carbons (Fsp3) is 0.0968. The topological polar surface area (TPSA) is 50.1 Å². The van der Waals surface area contributed by atoms with E-state index in [1.165, 1.54) is 23.8 Å². The predicted molar refractivity (Wildman–Crippen MR) is 136 cm³/mol. The van der Waals surface area contributed by atoms with Crippen molar-refractivity contribution < 1.29 is 22.7 Å². The van der Waals surface area contributed by atoms with Crippen molar-refractivity contribution in [2.75, 3.05) is 0 Å². The minimum Gasteiger partial charge on any atom is -0.423 e.